The van der Waals surface area contributed by atoms with Crippen molar-refractivity contribution >= 4 is 17.7 Å². The van der Waals surface area contributed by atoms with Crippen LogP contribution < -0.4 is 14.2 Å². The summed E-state index contributed by atoms with van der Waals surface area (Å²) in [4.78, 5) is 30.1. The fraction of sp³-hybridized carbons (Fsp3) is 0.500. The molecule has 1 aliphatic rings. The summed E-state index contributed by atoms with van der Waals surface area (Å²) in [6.07, 6.45) is -1.25. The van der Waals surface area contributed by atoms with Crippen LogP contribution >= 0.6 is 0 Å². The van der Waals surface area contributed by atoms with E-state index in [0.29, 0.717) is 22.8 Å². The Labute approximate surface area is 157 Å². The van der Waals surface area contributed by atoms with Crippen LogP contribution in [-0.4, -0.2) is 58.3 Å². The number of esters is 2. The number of hydrogen-bond donors (Lipinski definition) is 0. The van der Waals surface area contributed by atoms with E-state index in [0.717, 1.165) is 0 Å². The molecule has 1 aromatic rings. The highest BCUT2D eigenvalue weighted by Crippen LogP contribution is 2.39. The maximum absolute atomic E-state index is 12.6. The minimum absolute atomic E-state index is 0.134. The van der Waals surface area contributed by atoms with Crippen molar-refractivity contribution < 1.29 is 38.1 Å². The van der Waals surface area contributed by atoms with Crippen LogP contribution in [0.5, 0.6) is 17.2 Å². The summed E-state index contributed by atoms with van der Waals surface area (Å²) in [7, 11) is 4.41. The van der Waals surface area contributed by atoms with Gasteiger partial charge in [0.1, 0.15) is 23.0 Å². The molecule has 0 aromatic heterocycles. The highest BCUT2D eigenvalue weighted by atomic mass is 16.7. The fourth-order valence-corrected chi connectivity index (χ4v) is 2.70. The van der Waals surface area contributed by atoms with Gasteiger partial charge in [-0.05, 0) is 13.8 Å². The molecule has 0 unspecified atom stereocenters. The Kier molecular flexibility index (Phi) is 6.86. The van der Waals surface area contributed by atoms with Gasteiger partial charge in [0, 0.05) is 12.1 Å². The molecule has 9 heteroatoms. The van der Waals surface area contributed by atoms with Crippen molar-refractivity contribution in [1.82, 2.24) is 0 Å². The topological polar surface area (TPSA) is 102 Å². The lowest BCUT2D eigenvalue weighted by atomic mass is 9.91. The van der Waals surface area contributed by atoms with Crippen LogP contribution in [0.2, 0.25) is 0 Å². The molecule has 0 amide bonds. The van der Waals surface area contributed by atoms with Crippen molar-refractivity contribution in [3.63, 3.8) is 0 Å². The molecule has 1 aliphatic heterocycles. The number of ether oxygens (including phenoxy) is 5. The Bertz CT molecular complexity index is 705. The SMILES string of the molecule is CCOC(=O)[C@@H]1C(c2c(OC)cc(OC)cc2OC)=NO[C@H]1C(=O)OCC. The molecule has 0 saturated carbocycles. The van der Waals surface area contributed by atoms with E-state index in [1.165, 1.54) is 21.3 Å². The largest absolute Gasteiger partial charge is 0.496 e. The molecule has 2 rings (SSSR count). The quantitative estimate of drug-likeness (QED) is 0.625. The van der Waals surface area contributed by atoms with Gasteiger partial charge in [-0.15, -0.1) is 0 Å². The van der Waals surface area contributed by atoms with Gasteiger partial charge in [-0.3, -0.25) is 4.79 Å². The van der Waals surface area contributed by atoms with Gasteiger partial charge in [0.2, 0.25) is 6.10 Å². The summed E-state index contributed by atoms with van der Waals surface area (Å²) in [5, 5.41) is 3.96. The van der Waals surface area contributed by atoms with Crippen LogP contribution in [0.3, 0.4) is 0 Å². The molecule has 1 aromatic carbocycles. The summed E-state index contributed by atoms with van der Waals surface area (Å²) in [5.41, 5.74) is 0.522. The minimum atomic E-state index is -1.25. The summed E-state index contributed by atoms with van der Waals surface area (Å²) >= 11 is 0. The fourth-order valence-electron chi connectivity index (χ4n) is 2.70. The Balaban J connectivity index is 2.55. The van der Waals surface area contributed by atoms with Crippen LogP contribution in [0.1, 0.15) is 19.4 Å². The first-order valence-electron chi connectivity index (χ1n) is 8.39. The molecule has 0 bridgehead atoms. The molecule has 9 nitrogen and oxygen atoms in total. The first-order valence-corrected chi connectivity index (χ1v) is 8.39. The Morgan fingerprint density at radius 1 is 0.963 bits per heavy atom. The van der Waals surface area contributed by atoms with Crippen molar-refractivity contribution in [2.75, 3.05) is 34.5 Å². The number of rotatable bonds is 8. The second-order valence-electron chi connectivity index (χ2n) is 5.39. The average Bonchev–Trinajstić information content (AvgIpc) is 3.11. The van der Waals surface area contributed by atoms with E-state index in [1.54, 1.807) is 26.0 Å². The Morgan fingerprint density at radius 3 is 2.00 bits per heavy atom. The third-order valence-electron chi connectivity index (χ3n) is 3.89. The standard InChI is InChI=1S/C18H23NO8/c1-6-25-17(20)14-15(19-27-16(14)18(21)26-7-2)13-11(23-4)8-10(22-3)9-12(13)24-5/h8-9,14,16H,6-7H2,1-5H3/t14-,16-/m1/s1. The molecule has 0 N–H and O–H groups in total. The predicted octanol–water partition coefficient (Wildman–Crippen LogP) is 1.56. The third-order valence-corrected chi connectivity index (χ3v) is 3.89. The highest BCUT2D eigenvalue weighted by Gasteiger charge is 2.48. The molecular weight excluding hydrogens is 358 g/mol. The monoisotopic (exact) mass is 381 g/mol. The summed E-state index contributed by atoms with van der Waals surface area (Å²) in [6.45, 7) is 3.59. The lowest BCUT2D eigenvalue weighted by Crippen LogP contribution is -2.39. The molecule has 1 heterocycles. The van der Waals surface area contributed by atoms with E-state index in [9.17, 15) is 9.59 Å². The van der Waals surface area contributed by atoms with Gasteiger partial charge in [0.15, 0.2) is 5.92 Å². The first kappa shape index (κ1) is 20.3. The van der Waals surface area contributed by atoms with E-state index in [1.807, 2.05) is 0 Å². The van der Waals surface area contributed by atoms with Crippen molar-refractivity contribution in [2.45, 2.75) is 20.0 Å². The molecule has 0 aliphatic carbocycles. The van der Waals surface area contributed by atoms with Crippen molar-refractivity contribution in [3.8, 4) is 17.2 Å². The Hall–Kier alpha value is -2.97. The summed E-state index contributed by atoms with van der Waals surface area (Å²) in [5.74, 6) is -1.33. The van der Waals surface area contributed by atoms with Gasteiger partial charge < -0.3 is 28.5 Å². The van der Waals surface area contributed by atoms with Crippen LogP contribution in [0.15, 0.2) is 17.3 Å². The maximum Gasteiger partial charge on any atom is 0.351 e. The number of carbonyl (C=O) groups excluding carboxylic acids is 2. The van der Waals surface area contributed by atoms with Crippen LogP contribution in [-0.2, 0) is 23.9 Å². The zero-order chi connectivity index (χ0) is 20.0. The van der Waals surface area contributed by atoms with Gasteiger partial charge >= 0.3 is 11.9 Å². The minimum Gasteiger partial charge on any atom is -0.496 e. The lowest BCUT2D eigenvalue weighted by Gasteiger charge is -2.19. The van der Waals surface area contributed by atoms with Gasteiger partial charge in [0.05, 0.1) is 40.1 Å². The molecule has 2 atom stereocenters. The van der Waals surface area contributed by atoms with Crippen molar-refractivity contribution in [3.05, 3.63) is 17.7 Å². The second kappa shape index (κ2) is 9.11. The summed E-state index contributed by atoms with van der Waals surface area (Å²) < 4.78 is 26.1. The molecule has 0 spiro atoms. The van der Waals surface area contributed by atoms with Crippen LogP contribution in [0.4, 0.5) is 0 Å². The van der Waals surface area contributed by atoms with Gasteiger partial charge in [-0.1, -0.05) is 5.16 Å². The van der Waals surface area contributed by atoms with Crippen molar-refractivity contribution in [2.24, 2.45) is 11.1 Å². The predicted molar refractivity (Wildman–Crippen MR) is 94.3 cm³/mol. The maximum atomic E-state index is 12.6. The van der Waals surface area contributed by atoms with Crippen LogP contribution in [0, 0.1) is 5.92 Å². The molecular formula is C18H23NO8. The number of benzene rings is 1. The zero-order valence-electron chi connectivity index (χ0n) is 15.9. The molecule has 0 saturated heterocycles. The van der Waals surface area contributed by atoms with E-state index in [4.69, 9.17) is 28.5 Å². The van der Waals surface area contributed by atoms with Gasteiger partial charge in [0.25, 0.3) is 0 Å². The Morgan fingerprint density at radius 2 is 1.52 bits per heavy atom. The highest BCUT2D eigenvalue weighted by molar-refractivity contribution is 6.17. The first-order chi connectivity index (χ1) is 13.0. The number of hydrogen-bond acceptors (Lipinski definition) is 9. The number of methoxy groups -OCH3 is 3. The average molecular weight is 381 g/mol. The summed E-state index contributed by atoms with van der Waals surface area (Å²) in [6, 6.07) is 3.22. The molecule has 148 valence electrons. The lowest BCUT2D eigenvalue weighted by molar-refractivity contribution is -0.164. The second-order valence-corrected chi connectivity index (χ2v) is 5.39. The van der Waals surface area contributed by atoms with Gasteiger partial charge in [-0.25, -0.2) is 4.79 Å². The third kappa shape index (κ3) is 4.07. The van der Waals surface area contributed by atoms with Gasteiger partial charge in [-0.2, -0.15) is 0 Å². The van der Waals surface area contributed by atoms with E-state index >= 15 is 0 Å². The molecule has 0 radical (unpaired) electrons. The smallest absolute Gasteiger partial charge is 0.351 e. The number of oxime groups is 1. The normalized spacial score (nSPS) is 18.2. The van der Waals surface area contributed by atoms with E-state index < -0.39 is 24.0 Å². The zero-order valence-corrected chi connectivity index (χ0v) is 15.9. The molecule has 0 fully saturated rings. The van der Waals surface area contributed by atoms with E-state index in [2.05, 4.69) is 5.16 Å². The molecule has 27 heavy (non-hydrogen) atoms. The van der Waals surface area contributed by atoms with E-state index in [-0.39, 0.29) is 18.9 Å². The van der Waals surface area contributed by atoms with Crippen LogP contribution in [0.25, 0.3) is 0 Å². The number of carbonyl (C=O) groups is 2. The van der Waals surface area contributed by atoms with Crippen molar-refractivity contribution in [1.29, 1.82) is 0 Å². The number of nitrogens with zero attached hydrogens (tertiary/aromatic N) is 1.